The smallest absolute Gasteiger partial charge is 0.363 e. The van der Waals surface area contributed by atoms with E-state index in [0.29, 0.717) is 11.3 Å². The van der Waals surface area contributed by atoms with Gasteiger partial charge in [0.25, 0.3) is 0 Å². The van der Waals surface area contributed by atoms with Gasteiger partial charge < -0.3 is 14.4 Å². The van der Waals surface area contributed by atoms with E-state index in [-0.39, 0.29) is 11.6 Å². The lowest BCUT2D eigenvalue weighted by Crippen LogP contribution is -2.08. The summed E-state index contributed by atoms with van der Waals surface area (Å²) >= 11 is 0. The highest BCUT2D eigenvalue weighted by molar-refractivity contribution is 6.13. The molecule has 0 aliphatic carbocycles. The summed E-state index contributed by atoms with van der Waals surface area (Å²) in [7, 11) is 5.50. The maximum atomic E-state index is 12.1. The summed E-state index contributed by atoms with van der Waals surface area (Å²) in [5.74, 6) is 0.401. The average molecular weight is 322 g/mol. The summed E-state index contributed by atoms with van der Waals surface area (Å²) in [6.45, 7) is 0. The topological polar surface area (TPSA) is 51.1 Å². The molecule has 0 atom stereocenters. The van der Waals surface area contributed by atoms with E-state index in [2.05, 4.69) is 4.99 Å². The normalized spacial score (nSPS) is 15.2. The lowest BCUT2D eigenvalue weighted by atomic mass is 10.1. The van der Waals surface area contributed by atoms with Crippen LogP contribution in [0.4, 0.5) is 5.69 Å². The van der Waals surface area contributed by atoms with Crippen molar-refractivity contribution >= 4 is 23.6 Å². The number of hydrogen-bond acceptors (Lipinski definition) is 5. The Morgan fingerprint density at radius 1 is 1.12 bits per heavy atom. The number of ether oxygens (including phenoxy) is 2. The van der Waals surface area contributed by atoms with Gasteiger partial charge in [0.15, 0.2) is 5.70 Å². The van der Waals surface area contributed by atoms with Gasteiger partial charge in [-0.05, 0) is 35.9 Å². The highest BCUT2D eigenvalue weighted by Gasteiger charge is 2.26. The number of benzene rings is 2. The lowest BCUT2D eigenvalue weighted by Gasteiger charge is -2.12. The van der Waals surface area contributed by atoms with Crippen LogP contribution in [0, 0.1) is 0 Å². The zero-order valence-electron chi connectivity index (χ0n) is 13.8. The molecule has 0 aromatic heterocycles. The molecular formula is C19H18N2O3. The molecule has 0 N–H and O–H groups in total. The third kappa shape index (κ3) is 3.15. The van der Waals surface area contributed by atoms with Crippen LogP contribution >= 0.6 is 0 Å². The number of carbonyl (C=O) groups is 1. The second kappa shape index (κ2) is 6.58. The van der Waals surface area contributed by atoms with E-state index in [0.717, 1.165) is 11.3 Å². The van der Waals surface area contributed by atoms with Crippen LogP contribution in [0.25, 0.3) is 6.08 Å². The molecule has 24 heavy (non-hydrogen) atoms. The van der Waals surface area contributed by atoms with E-state index in [9.17, 15) is 4.79 Å². The summed E-state index contributed by atoms with van der Waals surface area (Å²) in [5, 5.41) is 0. The molecule has 0 amide bonds. The molecule has 0 unspecified atom stereocenters. The minimum Gasteiger partial charge on any atom is -0.496 e. The van der Waals surface area contributed by atoms with Crippen molar-refractivity contribution in [3.05, 3.63) is 65.4 Å². The number of hydrogen-bond donors (Lipinski definition) is 0. The molecule has 5 nitrogen and oxygen atoms in total. The van der Waals surface area contributed by atoms with E-state index in [1.54, 1.807) is 25.3 Å². The van der Waals surface area contributed by atoms with Crippen molar-refractivity contribution in [2.24, 2.45) is 4.99 Å². The fourth-order valence-corrected chi connectivity index (χ4v) is 2.40. The van der Waals surface area contributed by atoms with E-state index in [4.69, 9.17) is 9.47 Å². The zero-order valence-corrected chi connectivity index (χ0v) is 13.8. The van der Waals surface area contributed by atoms with Crippen LogP contribution in [0.1, 0.15) is 11.1 Å². The summed E-state index contributed by atoms with van der Waals surface area (Å²) in [6, 6.07) is 15.1. The van der Waals surface area contributed by atoms with Crippen molar-refractivity contribution in [3.8, 4) is 5.75 Å². The number of esters is 1. The minimum absolute atomic E-state index is 0.257. The van der Waals surface area contributed by atoms with E-state index >= 15 is 0 Å². The Kier molecular flexibility index (Phi) is 4.33. The highest BCUT2D eigenvalue weighted by atomic mass is 16.6. The molecule has 2 aromatic carbocycles. The van der Waals surface area contributed by atoms with Crippen LogP contribution in [-0.4, -0.2) is 33.1 Å². The van der Waals surface area contributed by atoms with Gasteiger partial charge in [-0.2, -0.15) is 0 Å². The second-order valence-electron chi connectivity index (χ2n) is 5.53. The predicted octanol–water partition coefficient (Wildman–Crippen LogP) is 3.11. The van der Waals surface area contributed by atoms with Crippen LogP contribution in [0.2, 0.25) is 0 Å². The van der Waals surface area contributed by atoms with Crippen molar-refractivity contribution in [3.63, 3.8) is 0 Å². The molecule has 1 heterocycles. The van der Waals surface area contributed by atoms with Crippen LogP contribution in [0.15, 0.2) is 59.2 Å². The molecule has 0 saturated heterocycles. The molecule has 1 aliphatic heterocycles. The Hall–Kier alpha value is -3.08. The van der Waals surface area contributed by atoms with Gasteiger partial charge in [0.05, 0.1) is 12.7 Å². The van der Waals surface area contributed by atoms with Crippen molar-refractivity contribution in [1.29, 1.82) is 0 Å². The minimum atomic E-state index is -0.467. The van der Waals surface area contributed by atoms with Crippen LogP contribution in [-0.2, 0) is 9.53 Å². The number of anilines is 1. The van der Waals surface area contributed by atoms with Gasteiger partial charge in [-0.1, -0.05) is 24.3 Å². The van der Waals surface area contributed by atoms with Gasteiger partial charge in [0, 0.05) is 19.8 Å². The molecule has 0 spiro atoms. The molecule has 0 radical (unpaired) electrons. The highest BCUT2D eigenvalue weighted by Crippen LogP contribution is 2.25. The molecule has 0 fully saturated rings. The molecule has 2 aromatic rings. The van der Waals surface area contributed by atoms with E-state index < -0.39 is 5.97 Å². The molecule has 122 valence electrons. The number of para-hydroxylation sites is 1. The maximum absolute atomic E-state index is 12.1. The SMILES string of the molecule is COc1ccccc1C1=NC(=Cc2cccc(N(C)C)c2)C(=O)O1. The van der Waals surface area contributed by atoms with Crippen molar-refractivity contribution in [1.82, 2.24) is 0 Å². The van der Waals surface area contributed by atoms with Gasteiger partial charge in [-0.3, -0.25) is 0 Å². The van der Waals surface area contributed by atoms with Crippen molar-refractivity contribution in [2.75, 3.05) is 26.1 Å². The largest absolute Gasteiger partial charge is 0.496 e. The first-order valence-electron chi connectivity index (χ1n) is 7.52. The number of carbonyl (C=O) groups excluding carboxylic acids is 1. The van der Waals surface area contributed by atoms with Gasteiger partial charge in [0.1, 0.15) is 5.75 Å². The first-order valence-corrected chi connectivity index (χ1v) is 7.52. The summed E-state index contributed by atoms with van der Waals surface area (Å²) < 4.78 is 10.6. The predicted molar refractivity (Wildman–Crippen MR) is 94.4 cm³/mol. The summed E-state index contributed by atoms with van der Waals surface area (Å²) in [4.78, 5) is 18.5. The summed E-state index contributed by atoms with van der Waals surface area (Å²) in [6.07, 6.45) is 1.72. The van der Waals surface area contributed by atoms with Crippen LogP contribution < -0.4 is 9.64 Å². The lowest BCUT2D eigenvalue weighted by molar-refractivity contribution is -0.129. The van der Waals surface area contributed by atoms with Crippen LogP contribution in [0.3, 0.4) is 0 Å². The zero-order chi connectivity index (χ0) is 17.1. The van der Waals surface area contributed by atoms with Crippen molar-refractivity contribution < 1.29 is 14.3 Å². The Labute approximate surface area is 140 Å². The van der Waals surface area contributed by atoms with E-state index in [1.807, 2.05) is 55.4 Å². The Bertz CT molecular complexity index is 838. The van der Waals surface area contributed by atoms with Crippen LogP contribution in [0.5, 0.6) is 5.75 Å². The van der Waals surface area contributed by atoms with Gasteiger partial charge in [-0.15, -0.1) is 0 Å². The average Bonchev–Trinajstić information content (AvgIpc) is 2.95. The fraction of sp³-hybridized carbons (Fsp3) is 0.158. The summed E-state index contributed by atoms with van der Waals surface area (Å²) in [5.41, 5.74) is 2.86. The molecule has 1 aliphatic rings. The molecular weight excluding hydrogens is 304 g/mol. The first-order chi connectivity index (χ1) is 11.6. The number of aliphatic imine (C=N–C) groups is 1. The number of methoxy groups -OCH3 is 1. The second-order valence-corrected chi connectivity index (χ2v) is 5.53. The Morgan fingerprint density at radius 3 is 2.67 bits per heavy atom. The molecule has 0 bridgehead atoms. The van der Waals surface area contributed by atoms with Gasteiger partial charge in [-0.25, -0.2) is 9.79 Å². The van der Waals surface area contributed by atoms with E-state index in [1.165, 1.54) is 0 Å². The monoisotopic (exact) mass is 322 g/mol. The molecule has 5 heteroatoms. The number of rotatable bonds is 4. The maximum Gasteiger partial charge on any atom is 0.363 e. The molecule has 3 rings (SSSR count). The first kappa shape index (κ1) is 15.8. The van der Waals surface area contributed by atoms with Gasteiger partial charge in [0.2, 0.25) is 5.90 Å². The number of cyclic esters (lactones) is 1. The third-order valence-electron chi connectivity index (χ3n) is 3.65. The fourth-order valence-electron chi connectivity index (χ4n) is 2.40. The quantitative estimate of drug-likeness (QED) is 0.641. The van der Waals surface area contributed by atoms with Gasteiger partial charge >= 0.3 is 5.97 Å². The standard InChI is InChI=1S/C19H18N2O3/c1-21(2)14-8-6-7-13(11-14)12-16-19(22)24-18(20-16)15-9-4-5-10-17(15)23-3/h4-12H,1-3H3. The molecule has 0 saturated carbocycles. The van der Waals surface area contributed by atoms with Crippen molar-refractivity contribution in [2.45, 2.75) is 0 Å². The Morgan fingerprint density at radius 2 is 1.92 bits per heavy atom. The Balaban J connectivity index is 1.96. The third-order valence-corrected chi connectivity index (χ3v) is 3.65. The number of nitrogens with zero attached hydrogens (tertiary/aromatic N) is 2.